The van der Waals surface area contributed by atoms with Crippen molar-refractivity contribution in [3.05, 3.63) is 62.5 Å². The Bertz CT molecular complexity index is 1040. The fourth-order valence-corrected chi connectivity index (χ4v) is 3.34. The van der Waals surface area contributed by atoms with Crippen molar-refractivity contribution < 1.29 is 18.0 Å². The molecule has 0 spiro atoms. The lowest BCUT2D eigenvalue weighted by atomic mass is 10.1. The molecule has 0 radical (unpaired) electrons. The van der Waals surface area contributed by atoms with Gasteiger partial charge >= 0.3 is 6.18 Å². The summed E-state index contributed by atoms with van der Waals surface area (Å²) in [6.45, 7) is 3.22. The molecule has 0 aliphatic heterocycles. The first-order valence-corrected chi connectivity index (χ1v) is 8.03. The largest absolute Gasteiger partial charge is 0.417 e. The van der Waals surface area contributed by atoms with Crippen molar-refractivity contribution in [2.45, 2.75) is 20.0 Å². The molecule has 1 aromatic carbocycles. The zero-order valence-corrected chi connectivity index (χ0v) is 14.0. The highest BCUT2D eigenvalue weighted by Crippen LogP contribution is 2.32. The predicted molar refractivity (Wildman–Crippen MR) is 88.2 cm³/mol. The molecule has 1 amide bonds. The molecule has 130 valence electrons. The van der Waals surface area contributed by atoms with E-state index in [0.29, 0.717) is 10.7 Å². The van der Waals surface area contributed by atoms with Crippen LogP contribution in [0.5, 0.6) is 0 Å². The number of amides is 1. The van der Waals surface area contributed by atoms with Crippen LogP contribution < -0.4 is 10.9 Å². The zero-order chi connectivity index (χ0) is 18.4. The molecular weight excluding hydrogens is 355 g/mol. The minimum atomic E-state index is -4.68. The van der Waals surface area contributed by atoms with Crippen molar-refractivity contribution in [2.24, 2.45) is 0 Å². The van der Waals surface area contributed by atoms with Gasteiger partial charge in [0, 0.05) is 11.1 Å². The van der Waals surface area contributed by atoms with E-state index in [-0.39, 0.29) is 11.4 Å². The van der Waals surface area contributed by atoms with Gasteiger partial charge in [-0.2, -0.15) is 13.2 Å². The number of rotatable bonds is 2. The van der Waals surface area contributed by atoms with Crippen LogP contribution in [0.25, 0.3) is 4.96 Å². The number of nitrogens with zero attached hydrogens (tertiary/aromatic N) is 2. The number of hydrogen-bond acceptors (Lipinski definition) is 4. The molecule has 0 aliphatic carbocycles. The maximum atomic E-state index is 13.1. The number of hydrogen-bond donors (Lipinski definition) is 1. The molecule has 0 atom stereocenters. The molecule has 0 saturated carbocycles. The lowest BCUT2D eigenvalue weighted by Gasteiger charge is -2.13. The second-order valence-electron chi connectivity index (χ2n) is 5.37. The van der Waals surface area contributed by atoms with Gasteiger partial charge in [-0.3, -0.25) is 14.0 Å². The molecule has 0 fully saturated rings. The number of halogens is 3. The molecular formula is C16H12F3N3O2S. The summed E-state index contributed by atoms with van der Waals surface area (Å²) in [6, 6.07) is 4.41. The Morgan fingerprint density at radius 1 is 1.24 bits per heavy atom. The Labute approximate surface area is 143 Å². The topological polar surface area (TPSA) is 63.5 Å². The Balaban J connectivity index is 2.07. The van der Waals surface area contributed by atoms with Gasteiger partial charge in [0.25, 0.3) is 11.5 Å². The first kappa shape index (κ1) is 17.2. The number of fused-ring (bicyclic) bond motifs is 1. The summed E-state index contributed by atoms with van der Waals surface area (Å²) in [6.07, 6.45) is -4.68. The monoisotopic (exact) mass is 367 g/mol. The lowest BCUT2D eigenvalue weighted by molar-refractivity contribution is -0.137. The molecule has 0 unspecified atom stereocenters. The van der Waals surface area contributed by atoms with Gasteiger partial charge in [-0.25, -0.2) is 4.98 Å². The normalized spacial score (nSPS) is 11.7. The average molecular weight is 367 g/mol. The molecule has 0 saturated heterocycles. The quantitative estimate of drug-likeness (QED) is 0.752. The minimum absolute atomic E-state index is 0.138. The van der Waals surface area contributed by atoms with Crippen LogP contribution in [0.2, 0.25) is 0 Å². The van der Waals surface area contributed by atoms with Crippen LogP contribution in [0.3, 0.4) is 0 Å². The maximum absolute atomic E-state index is 13.1. The third-order valence-corrected chi connectivity index (χ3v) is 4.58. The average Bonchev–Trinajstić information content (AvgIpc) is 2.91. The van der Waals surface area contributed by atoms with E-state index in [0.717, 1.165) is 12.1 Å². The molecule has 25 heavy (non-hydrogen) atoms. The van der Waals surface area contributed by atoms with Crippen molar-refractivity contribution in [3.63, 3.8) is 0 Å². The fourth-order valence-electron chi connectivity index (χ4n) is 2.44. The van der Waals surface area contributed by atoms with Crippen molar-refractivity contribution >= 4 is 27.9 Å². The van der Waals surface area contributed by atoms with E-state index in [1.807, 2.05) is 0 Å². The number of carbonyl (C=O) groups is 1. The lowest BCUT2D eigenvalue weighted by Crippen LogP contribution is -2.26. The smallest absolute Gasteiger partial charge is 0.316 e. The molecule has 0 aliphatic rings. The summed E-state index contributed by atoms with van der Waals surface area (Å²) in [4.78, 5) is 29.6. The van der Waals surface area contributed by atoms with Crippen molar-refractivity contribution in [2.75, 3.05) is 5.32 Å². The zero-order valence-electron chi connectivity index (χ0n) is 13.1. The van der Waals surface area contributed by atoms with E-state index in [1.54, 1.807) is 12.3 Å². The Morgan fingerprint density at radius 2 is 1.92 bits per heavy atom. The molecule has 3 aromatic rings. The molecule has 5 nitrogen and oxygen atoms in total. The standard InChI is InChI=1S/C16H12F3N3O2S/c1-8-7-25-15-20-9(2)12(14(24)22(8)15)21-13(23)10-5-3-4-6-11(10)16(17,18)19/h3-7H,1-2H3,(H,21,23). The van der Waals surface area contributed by atoms with Crippen LogP contribution in [-0.2, 0) is 6.18 Å². The van der Waals surface area contributed by atoms with Gasteiger partial charge < -0.3 is 5.32 Å². The van der Waals surface area contributed by atoms with E-state index in [9.17, 15) is 22.8 Å². The number of carbonyl (C=O) groups excluding carboxylic acids is 1. The van der Waals surface area contributed by atoms with Gasteiger partial charge in [0.15, 0.2) is 4.96 Å². The molecule has 2 aromatic heterocycles. The molecule has 9 heteroatoms. The van der Waals surface area contributed by atoms with E-state index in [2.05, 4.69) is 10.3 Å². The highest BCUT2D eigenvalue weighted by molar-refractivity contribution is 7.15. The molecule has 2 heterocycles. The highest BCUT2D eigenvalue weighted by atomic mass is 32.1. The maximum Gasteiger partial charge on any atom is 0.417 e. The number of aryl methyl sites for hydroxylation is 2. The van der Waals surface area contributed by atoms with E-state index < -0.39 is 28.8 Å². The second kappa shape index (κ2) is 5.99. The van der Waals surface area contributed by atoms with Gasteiger partial charge in [0.2, 0.25) is 0 Å². The number of benzene rings is 1. The number of alkyl halides is 3. The van der Waals surface area contributed by atoms with Crippen molar-refractivity contribution in [1.82, 2.24) is 9.38 Å². The minimum Gasteiger partial charge on any atom is -0.316 e. The van der Waals surface area contributed by atoms with Crippen LogP contribution in [0, 0.1) is 13.8 Å². The summed E-state index contributed by atoms with van der Waals surface area (Å²) in [5.41, 5.74) is -1.42. The summed E-state index contributed by atoms with van der Waals surface area (Å²) in [5.74, 6) is -1.01. The third kappa shape index (κ3) is 3.02. The van der Waals surface area contributed by atoms with Gasteiger partial charge in [-0.1, -0.05) is 12.1 Å². The summed E-state index contributed by atoms with van der Waals surface area (Å²) in [5, 5.41) is 4.02. The number of aromatic nitrogens is 2. The predicted octanol–water partition coefficient (Wildman–Crippen LogP) is 3.64. The van der Waals surface area contributed by atoms with Gasteiger partial charge in [0.05, 0.1) is 16.8 Å². The van der Waals surface area contributed by atoms with Gasteiger partial charge in [-0.05, 0) is 26.0 Å². The summed E-state index contributed by atoms with van der Waals surface area (Å²) in [7, 11) is 0. The Kier molecular flexibility index (Phi) is 4.11. The number of nitrogens with one attached hydrogen (secondary N) is 1. The Hall–Kier alpha value is -2.68. The van der Waals surface area contributed by atoms with Crippen LogP contribution in [0.15, 0.2) is 34.4 Å². The van der Waals surface area contributed by atoms with Crippen molar-refractivity contribution in [3.8, 4) is 0 Å². The van der Waals surface area contributed by atoms with Crippen LogP contribution in [0.4, 0.5) is 18.9 Å². The SMILES string of the molecule is Cc1nc2scc(C)n2c(=O)c1NC(=O)c1ccccc1C(F)(F)F. The molecule has 3 rings (SSSR count). The van der Waals surface area contributed by atoms with Crippen LogP contribution in [0.1, 0.15) is 27.3 Å². The van der Waals surface area contributed by atoms with Gasteiger partial charge in [0.1, 0.15) is 5.69 Å². The van der Waals surface area contributed by atoms with E-state index in [4.69, 9.17) is 0 Å². The summed E-state index contributed by atoms with van der Waals surface area (Å²) < 4.78 is 40.5. The first-order valence-electron chi connectivity index (χ1n) is 7.15. The van der Waals surface area contributed by atoms with Crippen LogP contribution in [-0.4, -0.2) is 15.3 Å². The second-order valence-corrected chi connectivity index (χ2v) is 6.21. The molecule has 1 N–H and O–H groups in total. The highest BCUT2D eigenvalue weighted by Gasteiger charge is 2.35. The van der Waals surface area contributed by atoms with E-state index >= 15 is 0 Å². The first-order chi connectivity index (χ1) is 11.7. The van der Waals surface area contributed by atoms with Gasteiger partial charge in [-0.15, -0.1) is 11.3 Å². The fraction of sp³-hybridized carbons (Fsp3) is 0.188. The summed E-state index contributed by atoms with van der Waals surface area (Å²) >= 11 is 1.26. The van der Waals surface area contributed by atoms with Crippen molar-refractivity contribution in [1.29, 1.82) is 0 Å². The number of thiazole rings is 1. The van der Waals surface area contributed by atoms with E-state index in [1.165, 1.54) is 34.8 Å². The van der Waals surface area contributed by atoms with Crippen LogP contribution >= 0.6 is 11.3 Å². The third-order valence-electron chi connectivity index (χ3n) is 3.64. The molecule has 0 bridgehead atoms. The Morgan fingerprint density at radius 3 is 2.60 bits per heavy atom. The number of anilines is 1.